The van der Waals surface area contributed by atoms with E-state index in [0.717, 1.165) is 6.21 Å². The summed E-state index contributed by atoms with van der Waals surface area (Å²) in [5.74, 6) is 0.133. The number of phenols is 2. The number of phenolic OH excluding ortho intramolecular Hbond substituents is 2. The van der Waals surface area contributed by atoms with E-state index in [1.807, 2.05) is 0 Å². The van der Waals surface area contributed by atoms with Crippen molar-refractivity contribution < 1.29 is 28.1 Å². The predicted octanol–water partition coefficient (Wildman–Crippen LogP) is 1.92. The van der Waals surface area contributed by atoms with Gasteiger partial charge in [0.05, 0.1) is 20.4 Å². The number of hydrogen-bond donors (Lipinski definition) is 2. The zero-order valence-corrected chi connectivity index (χ0v) is 13.2. The van der Waals surface area contributed by atoms with Crippen LogP contribution in [0.2, 0.25) is 0 Å². The van der Waals surface area contributed by atoms with Gasteiger partial charge in [0.15, 0.2) is 0 Å². The van der Waals surface area contributed by atoms with Gasteiger partial charge in [-0.3, -0.25) is 0 Å². The second kappa shape index (κ2) is 6.57. The number of benzene rings is 2. The summed E-state index contributed by atoms with van der Waals surface area (Å²) < 4.78 is 38.2. The van der Waals surface area contributed by atoms with Crippen molar-refractivity contribution in [3.63, 3.8) is 0 Å². The van der Waals surface area contributed by atoms with Crippen molar-refractivity contribution in [2.24, 2.45) is 4.40 Å². The Kier molecular flexibility index (Phi) is 4.75. The molecule has 0 amide bonds. The molecule has 0 atom stereocenters. The van der Waals surface area contributed by atoms with Crippen LogP contribution in [-0.4, -0.2) is 39.1 Å². The molecular formula is C15H15NO6S. The predicted molar refractivity (Wildman–Crippen MR) is 84.1 cm³/mol. The van der Waals surface area contributed by atoms with E-state index in [4.69, 9.17) is 9.47 Å². The molecule has 2 aromatic rings. The highest BCUT2D eigenvalue weighted by Crippen LogP contribution is 2.29. The molecular weight excluding hydrogens is 322 g/mol. The Hall–Kier alpha value is -2.74. The fourth-order valence-electron chi connectivity index (χ4n) is 1.86. The third kappa shape index (κ3) is 3.72. The molecule has 0 fully saturated rings. The lowest BCUT2D eigenvalue weighted by molar-refractivity contribution is 0.396. The third-order valence-corrected chi connectivity index (χ3v) is 4.25. The summed E-state index contributed by atoms with van der Waals surface area (Å²) in [6.45, 7) is 0. The Labute approximate surface area is 133 Å². The van der Waals surface area contributed by atoms with Gasteiger partial charge in [0.25, 0.3) is 10.0 Å². The Morgan fingerprint density at radius 3 is 2.13 bits per heavy atom. The van der Waals surface area contributed by atoms with Crippen LogP contribution < -0.4 is 9.47 Å². The minimum atomic E-state index is -4.04. The zero-order valence-electron chi connectivity index (χ0n) is 12.4. The highest BCUT2D eigenvalue weighted by Gasteiger charge is 2.18. The van der Waals surface area contributed by atoms with Crippen molar-refractivity contribution in [3.8, 4) is 23.0 Å². The SMILES string of the molecule is COc1cc(O)ccc1/C=N/S(=O)(=O)c1ccc(O)cc1OC. The van der Waals surface area contributed by atoms with Gasteiger partial charge in [-0.2, -0.15) is 12.8 Å². The molecule has 0 aromatic heterocycles. The largest absolute Gasteiger partial charge is 0.508 e. The highest BCUT2D eigenvalue weighted by molar-refractivity contribution is 7.90. The molecule has 7 nitrogen and oxygen atoms in total. The topological polar surface area (TPSA) is 105 Å². The Bertz CT molecular complexity index is 845. The highest BCUT2D eigenvalue weighted by atomic mass is 32.2. The number of aromatic hydroxyl groups is 2. The second-order valence-electron chi connectivity index (χ2n) is 4.47. The summed E-state index contributed by atoms with van der Waals surface area (Å²) in [6, 6.07) is 7.82. The van der Waals surface area contributed by atoms with Crippen molar-refractivity contribution >= 4 is 16.2 Å². The molecule has 0 bridgehead atoms. The van der Waals surface area contributed by atoms with Crippen molar-refractivity contribution in [1.29, 1.82) is 0 Å². The summed E-state index contributed by atoms with van der Waals surface area (Å²) in [7, 11) is -1.35. The van der Waals surface area contributed by atoms with Crippen molar-refractivity contribution in [3.05, 3.63) is 42.0 Å². The lowest BCUT2D eigenvalue weighted by atomic mass is 10.2. The van der Waals surface area contributed by atoms with Crippen LogP contribution >= 0.6 is 0 Å². The maximum absolute atomic E-state index is 12.3. The van der Waals surface area contributed by atoms with E-state index in [-0.39, 0.29) is 27.9 Å². The molecule has 0 aliphatic rings. The van der Waals surface area contributed by atoms with Crippen LogP contribution in [-0.2, 0) is 10.0 Å². The fourth-order valence-corrected chi connectivity index (χ4v) is 2.86. The van der Waals surface area contributed by atoms with E-state index >= 15 is 0 Å². The third-order valence-electron chi connectivity index (χ3n) is 2.97. The quantitative estimate of drug-likeness (QED) is 0.808. The summed E-state index contributed by atoms with van der Waals surface area (Å²) in [5.41, 5.74) is 0.381. The molecule has 0 saturated carbocycles. The molecule has 2 aromatic carbocycles. The van der Waals surface area contributed by atoms with Gasteiger partial charge in [-0.15, -0.1) is 0 Å². The van der Waals surface area contributed by atoms with Gasteiger partial charge in [-0.05, 0) is 24.3 Å². The zero-order chi connectivity index (χ0) is 17.0. The maximum Gasteiger partial charge on any atom is 0.285 e. The second-order valence-corrected chi connectivity index (χ2v) is 6.07. The Balaban J connectivity index is 2.42. The minimum Gasteiger partial charge on any atom is -0.508 e. The molecule has 0 spiro atoms. The lowest BCUT2D eigenvalue weighted by Gasteiger charge is -2.07. The van der Waals surface area contributed by atoms with Crippen LogP contribution in [0.5, 0.6) is 23.0 Å². The van der Waals surface area contributed by atoms with Crippen LogP contribution in [0.1, 0.15) is 5.56 Å². The minimum absolute atomic E-state index is 0.0120. The molecule has 2 rings (SSSR count). The molecule has 2 N–H and O–H groups in total. The molecule has 0 aliphatic heterocycles. The van der Waals surface area contributed by atoms with Crippen LogP contribution in [0.4, 0.5) is 0 Å². The van der Waals surface area contributed by atoms with Gasteiger partial charge in [-0.25, -0.2) is 0 Å². The molecule has 23 heavy (non-hydrogen) atoms. The smallest absolute Gasteiger partial charge is 0.285 e. The molecule has 0 unspecified atom stereocenters. The number of nitrogens with zero attached hydrogens (tertiary/aromatic N) is 1. The van der Waals surface area contributed by atoms with Crippen LogP contribution in [0.25, 0.3) is 0 Å². The van der Waals surface area contributed by atoms with Crippen LogP contribution in [0.15, 0.2) is 45.7 Å². The van der Waals surface area contributed by atoms with E-state index in [1.165, 1.54) is 50.6 Å². The normalized spacial score (nSPS) is 11.6. The first-order chi connectivity index (χ1) is 10.9. The Morgan fingerprint density at radius 1 is 0.957 bits per heavy atom. The van der Waals surface area contributed by atoms with Crippen molar-refractivity contribution in [1.82, 2.24) is 0 Å². The number of sulfonamides is 1. The number of hydrogen-bond acceptors (Lipinski definition) is 6. The summed E-state index contributed by atoms with van der Waals surface area (Å²) >= 11 is 0. The molecule has 0 aliphatic carbocycles. The fraction of sp³-hybridized carbons (Fsp3) is 0.133. The summed E-state index contributed by atoms with van der Waals surface area (Å²) in [6.07, 6.45) is 1.11. The first-order valence-electron chi connectivity index (χ1n) is 6.41. The first kappa shape index (κ1) is 16.6. The van der Waals surface area contributed by atoms with Gasteiger partial charge in [0.1, 0.15) is 27.9 Å². The van der Waals surface area contributed by atoms with E-state index in [0.29, 0.717) is 5.56 Å². The monoisotopic (exact) mass is 337 g/mol. The molecule has 0 heterocycles. The van der Waals surface area contributed by atoms with Gasteiger partial charge < -0.3 is 19.7 Å². The van der Waals surface area contributed by atoms with Gasteiger partial charge >= 0.3 is 0 Å². The summed E-state index contributed by atoms with van der Waals surface area (Å²) in [4.78, 5) is -0.174. The van der Waals surface area contributed by atoms with E-state index in [1.54, 1.807) is 0 Å². The maximum atomic E-state index is 12.3. The van der Waals surface area contributed by atoms with Gasteiger partial charge in [0, 0.05) is 17.7 Å². The number of ether oxygens (including phenoxy) is 2. The first-order valence-corrected chi connectivity index (χ1v) is 7.85. The average Bonchev–Trinajstić information content (AvgIpc) is 2.53. The van der Waals surface area contributed by atoms with Gasteiger partial charge in [0.2, 0.25) is 0 Å². The summed E-state index contributed by atoms with van der Waals surface area (Å²) in [5, 5.41) is 18.8. The van der Waals surface area contributed by atoms with E-state index < -0.39 is 10.0 Å². The molecule has 0 saturated heterocycles. The van der Waals surface area contributed by atoms with E-state index in [9.17, 15) is 18.6 Å². The molecule has 0 radical (unpaired) electrons. The van der Waals surface area contributed by atoms with Crippen LogP contribution in [0, 0.1) is 0 Å². The molecule has 122 valence electrons. The van der Waals surface area contributed by atoms with Crippen molar-refractivity contribution in [2.45, 2.75) is 4.90 Å². The number of methoxy groups -OCH3 is 2. The average molecular weight is 337 g/mol. The lowest BCUT2D eigenvalue weighted by Crippen LogP contribution is -2.01. The van der Waals surface area contributed by atoms with Crippen molar-refractivity contribution in [2.75, 3.05) is 14.2 Å². The standard InChI is InChI=1S/C15H15NO6S/c1-21-13-7-11(17)4-3-10(13)9-16-23(19,20)15-6-5-12(18)8-14(15)22-2/h3-9,17-18H,1-2H3/b16-9+. The van der Waals surface area contributed by atoms with E-state index in [2.05, 4.69) is 4.40 Å². The van der Waals surface area contributed by atoms with Gasteiger partial charge in [-0.1, -0.05) is 0 Å². The molecule has 8 heteroatoms. The van der Waals surface area contributed by atoms with Crippen LogP contribution in [0.3, 0.4) is 0 Å². The Morgan fingerprint density at radius 2 is 1.52 bits per heavy atom. The number of rotatable bonds is 5.